The van der Waals surface area contributed by atoms with Crippen molar-refractivity contribution in [3.63, 3.8) is 0 Å². The molecule has 5 nitrogen and oxygen atoms in total. The Balaban J connectivity index is 1.44. The summed E-state index contributed by atoms with van der Waals surface area (Å²) in [5.41, 5.74) is 9.37. The topological polar surface area (TPSA) is 45.9 Å². The number of rotatable bonds is 5. The lowest BCUT2D eigenvalue weighted by Gasteiger charge is -2.35. The monoisotopic (exact) mass is 494 g/mol. The van der Waals surface area contributed by atoms with Crippen molar-refractivity contribution in [2.24, 2.45) is 0 Å². The van der Waals surface area contributed by atoms with Gasteiger partial charge >= 0.3 is 0 Å². The van der Waals surface area contributed by atoms with Crippen LogP contribution in [0.5, 0.6) is 5.75 Å². The second-order valence-electron chi connectivity index (χ2n) is 9.90. The zero-order valence-corrected chi connectivity index (χ0v) is 22.3. The van der Waals surface area contributed by atoms with E-state index in [1.807, 2.05) is 31.1 Å². The van der Waals surface area contributed by atoms with E-state index in [-0.39, 0.29) is 5.91 Å². The predicted octanol–water partition coefficient (Wildman–Crippen LogP) is 6.79. The standard InChI is InChI=1S/C32H34N2O3/c1-21-11-12-26(22(2)17-21)29-20-37-32-24(4)31(36-5)27(19-28(29)32)23(3)18-30(35)34-15-13-33(14-16-34)25-9-7-6-8-10-25/h6-12,17-20H,13-16H2,1-5H3/b23-18+. The summed E-state index contributed by atoms with van der Waals surface area (Å²) in [6.45, 7) is 11.3. The van der Waals surface area contributed by atoms with Gasteiger partial charge in [0.2, 0.25) is 5.91 Å². The van der Waals surface area contributed by atoms with Crippen LogP contribution in [0.3, 0.4) is 0 Å². The molecule has 0 N–H and O–H groups in total. The molecule has 0 saturated carbocycles. The van der Waals surface area contributed by atoms with Crippen LogP contribution < -0.4 is 9.64 Å². The quantitative estimate of drug-likeness (QED) is 0.287. The number of carbonyl (C=O) groups is 1. The van der Waals surface area contributed by atoms with Gasteiger partial charge in [0.15, 0.2) is 0 Å². The Kier molecular flexibility index (Phi) is 6.79. The lowest BCUT2D eigenvalue weighted by atomic mass is 9.94. The van der Waals surface area contributed by atoms with Gasteiger partial charge in [-0.25, -0.2) is 0 Å². The molecule has 37 heavy (non-hydrogen) atoms. The van der Waals surface area contributed by atoms with Gasteiger partial charge in [0.05, 0.1) is 13.4 Å². The molecule has 1 aliphatic rings. The first kappa shape index (κ1) is 24.7. The van der Waals surface area contributed by atoms with E-state index in [2.05, 4.69) is 67.3 Å². The van der Waals surface area contributed by atoms with Gasteiger partial charge in [0.25, 0.3) is 0 Å². The number of furan rings is 1. The summed E-state index contributed by atoms with van der Waals surface area (Å²) in [5, 5.41) is 1.02. The molecule has 1 aliphatic heterocycles. The van der Waals surface area contributed by atoms with Gasteiger partial charge in [-0.1, -0.05) is 42.0 Å². The Bertz CT molecular complexity index is 1480. The first-order chi connectivity index (χ1) is 17.9. The Morgan fingerprint density at radius 1 is 0.946 bits per heavy atom. The Labute approximate surface area is 219 Å². The molecular weight excluding hydrogens is 460 g/mol. The highest BCUT2D eigenvalue weighted by Crippen LogP contribution is 2.41. The molecule has 0 bridgehead atoms. The molecule has 4 aromatic rings. The van der Waals surface area contributed by atoms with E-state index < -0.39 is 0 Å². The zero-order valence-electron chi connectivity index (χ0n) is 22.3. The average Bonchev–Trinajstić information content (AvgIpc) is 3.33. The fourth-order valence-corrected chi connectivity index (χ4v) is 5.37. The number of aryl methyl sites for hydroxylation is 3. The van der Waals surface area contributed by atoms with Gasteiger partial charge in [-0.05, 0) is 62.6 Å². The molecular formula is C32H34N2O3. The fourth-order valence-electron chi connectivity index (χ4n) is 5.37. The van der Waals surface area contributed by atoms with E-state index in [1.165, 1.54) is 16.8 Å². The molecule has 5 rings (SSSR count). The molecule has 0 aliphatic carbocycles. The molecule has 0 radical (unpaired) electrons. The lowest BCUT2D eigenvalue weighted by molar-refractivity contribution is -0.126. The summed E-state index contributed by atoms with van der Waals surface area (Å²) in [7, 11) is 1.67. The highest BCUT2D eigenvalue weighted by Gasteiger charge is 2.22. The number of allylic oxidation sites excluding steroid dienone is 1. The average molecular weight is 495 g/mol. The summed E-state index contributed by atoms with van der Waals surface area (Å²) in [6.07, 6.45) is 3.58. The van der Waals surface area contributed by atoms with Crippen molar-refractivity contribution in [1.29, 1.82) is 0 Å². The molecule has 0 spiro atoms. The molecule has 0 atom stereocenters. The van der Waals surface area contributed by atoms with E-state index in [1.54, 1.807) is 13.2 Å². The number of fused-ring (bicyclic) bond motifs is 1. The van der Waals surface area contributed by atoms with Crippen LogP contribution in [0.25, 0.3) is 27.7 Å². The summed E-state index contributed by atoms with van der Waals surface area (Å²) in [4.78, 5) is 17.5. The van der Waals surface area contributed by atoms with E-state index in [4.69, 9.17) is 9.15 Å². The fraction of sp³-hybridized carbons (Fsp3) is 0.281. The van der Waals surface area contributed by atoms with Gasteiger partial charge in [-0.2, -0.15) is 0 Å². The Morgan fingerprint density at radius 2 is 1.68 bits per heavy atom. The molecule has 5 heteroatoms. The number of nitrogens with zero attached hydrogens (tertiary/aromatic N) is 2. The van der Waals surface area contributed by atoms with E-state index in [9.17, 15) is 4.79 Å². The van der Waals surface area contributed by atoms with Crippen LogP contribution >= 0.6 is 0 Å². The van der Waals surface area contributed by atoms with Crippen molar-refractivity contribution < 1.29 is 13.9 Å². The third-order valence-corrected chi connectivity index (χ3v) is 7.40. The molecule has 1 aromatic heterocycles. The largest absolute Gasteiger partial charge is 0.496 e. The predicted molar refractivity (Wildman–Crippen MR) is 151 cm³/mol. The Hall–Kier alpha value is -3.99. The molecule has 0 unspecified atom stereocenters. The van der Waals surface area contributed by atoms with Gasteiger partial charge in [-0.3, -0.25) is 4.79 Å². The number of benzene rings is 3. The van der Waals surface area contributed by atoms with Gasteiger partial charge < -0.3 is 19.0 Å². The van der Waals surface area contributed by atoms with Crippen molar-refractivity contribution in [3.05, 3.63) is 89.2 Å². The molecule has 1 amide bonds. The minimum atomic E-state index is 0.0341. The van der Waals surface area contributed by atoms with E-state index in [0.717, 1.165) is 57.6 Å². The number of anilines is 1. The van der Waals surface area contributed by atoms with Crippen LogP contribution in [0, 0.1) is 20.8 Å². The van der Waals surface area contributed by atoms with Crippen LogP contribution in [0.4, 0.5) is 5.69 Å². The summed E-state index contributed by atoms with van der Waals surface area (Å²) in [6, 6.07) is 18.9. The number of methoxy groups -OCH3 is 1. The summed E-state index contributed by atoms with van der Waals surface area (Å²) >= 11 is 0. The van der Waals surface area contributed by atoms with Crippen molar-refractivity contribution >= 4 is 28.1 Å². The van der Waals surface area contributed by atoms with Crippen LogP contribution in [-0.2, 0) is 4.79 Å². The van der Waals surface area contributed by atoms with Gasteiger partial charge in [0, 0.05) is 60.0 Å². The minimum absolute atomic E-state index is 0.0341. The second kappa shape index (κ2) is 10.2. The Morgan fingerprint density at radius 3 is 2.35 bits per heavy atom. The molecule has 2 heterocycles. The SMILES string of the molecule is COc1c(/C(C)=C/C(=O)N2CCN(c3ccccc3)CC2)cc2c(-c3ccc(C)cc3C)coc2c1C. The first-order valence-corrected chi connectivity index (χ1v) is 12.8. The van der Waals surface area contributed by atoms with E-state index >= 15 is 0 Å². The zero-order chi connectivity index (χ0) is 26.1. The number of amides is 1. The van der Waals surface area contributed by atoms with Crippen LogP contribution in [0.2, 0.25) is 0 Å². The maximum Gasteiger partial charge on any atom is 0.246 e. The van der Waals surface area contributed by atoms with Crippen molar-refractivity contribution in [3.8, 4) is 16.9 Å². The molecule has 3 aromatic carbocycles. The van der Waals surface area contributed by atoms with Crippen LogP contribution in [0.15, 0.2) is 71.4 Å². The van der Waals surface area contributed by atoms with Crippen molar-refractivity contribution in [1.82, 2.24) is 4.90 Å². The summed E-state index contributed by atoms with van der Waals surface area (Å²) in [5.74, 6) is 0.774. The van der Waals surface area contributed by atoms with Gasteiger partial charge in [0.1, 0.15) is 11.3 Å². The lowest BCUT2D eigenvalue weighted by Crippen LogP contribution is -2.48. The second-order valence-corrected chi connectivity index (χ2v) is 9.90. The molecule has 190 valence electrons. The van der Waals surface area contributed by atoms with E-state index in [0.29, 0.717) is 13.1 Å². The number of ether oxygens (including phenoxy) is 1. The van der Waals surface area contributed by atoms with Gasteiger partial charge in [-0.15, -0.1) is 0 Å². The summed E-state index contributed by atoms with van der Waals surface area (Å²) < 4.78 is 11.9. The van der Waals surface area contributed by atoms with Crippen molar-refractivity contribution in [2.45, 2.75) is 27.7 Å². The maximum atomic E-state index is 13.3. The number of hydrogen-bond acceptors (Lipinski definition) is 4. The third-order valence-electron chi connectivity index (χ3n) is 7.40. The number of hydrogen-bond donors (Lipinski definition) is 0. The smallest absolute Gasteiger partial charge is 0.246 e. The minimum Gasteiger partial charge on any atom is -0.496 e. The first-order valence-electron chi connectivity index (χ1n) is 12.8. The molecule has 1 saturated heterocycles. The maximum absolute atomic E-state index is 13.3. The highest BCUT2D eigenvalue weighted by atomic mass is 16.5. The molecule has 1 fully saturated rings. The van der Waals surface area contributed by atoms with Crippen molar-refractivity contribution in [2.75, 3.05) is 38.2 Å². The number of para-hydroxylation sites is 1. The van der Waals surface area contributed by atoms with Crippen LogP contribution in [-0.4, -0.2) is 44.1 Å². The third kappa shape index (κ3) is 4.74. The number of piperazine rings is 1. The van der Waals surface area contributed by atoms with Crippen LogP contribution in [0.1, 0.15) is 29.2 Å². The highest BCUT2D eigenvalue weighted by molar-refractivity contribution is 6.02. The normalized spacial score (nSPS) is 14.4. The number of carbonyl (C=O) groups excluding carboxylic acids is 1.